The fraction of sp³-hybridized carbons (Fsp3) is 0.280. The number of fused-ring (bicyclic) bond motifs is 2. The molecule has 6 nitrogen and oxygen atoms in total. The Morgan fingerprint density at radius 3 is 2.41 bits per heavy atom. The van der Waals surface area contributed by atoms with Crippen LogP contribution in [0.4, 0.5) is 5.13 Å². The molecule has 0 spiro atoms. The van der Waals surface area contributed by atoms with Gasteiger partial charge in [-0.2, -0.15) is 0 Å². The molecule has 7 heteroatoms. The molecule has 0 aliphatic heterocycles. The number of anilines is 1. The Balaban J connectivity index is 1.76. The van der Waals surface area contributed by atoms with Gasteiger partial charge in [0.1, 0.15) is 11.5 Å². The number of carbonyl (C=O) groups is 1. The largest absolute Gasteiger partial charge is 0.497 e. The highest BCUT2D eigenvalue weighted by Crippen LogP contribution is 2.34. The fourth-order valence-electron chi connectivity index (χ4n) is 3.67. The molecule has 0 atom stereocenters. The monoisotopic (exact) mass is 449 g/mol. The molecule has 0 fully saturated rings. The summed E-state index contributed by atoms with van der Waals surface area (Å²) in [4.78, 5) is 22.5. The van der Waals surface area contributed by atoms with Crippen molar-refractivity contribution in [1.82, 2.24) is 9.88 Å². The summed E-state index contributed by atoms with van der Waals surface area (Å²) in [5.41, 5.74) is 1.35. The van der Waals surface area contributed by atoms with Gasteiger partial charge in [0.2, 0.25) is 0 Å². The average molecular weight is 450 g/mol. The highest BCUT2D eigenvalue weighted by atomic mass is 32.1. The van der Waals surface area contributed by atoms with Crippen LogP contribution in [0.25, 0.3) is 21.0 Å². The van der Waals surface area contributed by atoms with Crippen LogP contribution in [0.3, 0.4) is 0 Å². The van der Waals surface area contributed by atoms with Gasteiger partial charge in [0.25, 0.3) is 5.91 Å². The molecular formula is C25H27N3O3S. The number of aromatic nitrogens is 1. The van der Waals surface area contributed by atoms with E-state index in [1.807, 2.05) is 68.7 Å². The van der Waals surface area contributed by atoms with E-state index in [1.54, 1.807) is 19.1 Å². The van der Waals surface area contributed by atoms with Gasteiger partial charge in [-0.25, -0.2) is 4.98 Å². The van der Waals surface area contributed by atoms with Crippen LogP contribution in [0.1, 0.15) is 16.8 Å². The van der Waals surface area contributed by atoms with Crippen molar-refractivity contribution in [2.45, 2.75) is 6.42 Å². The van der Waals surface area contributed by atoms with Crippen molar-refractivity contribution in [2.75, 3.05) is 46.3 Å². The number of carbonyl (C=O) groups excluding carboxylic acids is 1. The van der Waals surface area contributed by atoms with Gasteiger partial charge in [0, 0.05) is 12.6 Å². The van der Waals surface area contributed by atoms with Gasteiger partial charge in [0.05, 0.1) is 30.0 Å². The van der Waals surface area contributed by atoms with Crippen molar-refractivity contribution in [3.8, 4) is 11.5 Å². The molecule has 0 unspecified atom stereocenters. The summed E-state index contributed by atoms with van der Waals surface area (Å²) in [5, 5.41) is 2.71. The first-order chi connectivity index (χ1) is 15.5. The topological polar surface area (TPSA) is 54.9 Å². The molecule has 3 aromatic carbocycles. The zero-order chi connectivity index (χ0) is 22.7. The smallest absolute Gasteiger partial charge is 0.263 e. The number of thiazole rings is 1. The minimum absolute atomic E-state index is 0.114. The van der Waals surface area contributed by atoms with Crippen molar-refractivity contribution >= 4 is 43.4 Å². The molecule has 0 saturated heterocycles. The lowest BCUT2D eigenvalue weighted by Gasteiger charge is -2.22. The van der Waals surface area contributed by atoms with Crippen molar-refractivity contribution in [3.63, 3.8) is 0 Å². The number of amides is 1. The molecule has 0 aliphatic rings. The molecule has 0 bridgehead atoms. The first kappa shape index (κ1) is 22.0. The van der Waals surface area contributed by atoms with Gasteiger partial charge < -0.3 is 14.4 Å². The standard InChI is InChI=1S/C25H27N3O3S/c1-27(2)12-7-13-28(25-26-21-16-19(30-3)10-11-23(21)32-25)24(29)20-14-17-8-5-6-9-18(17)15-22(20)31-4/h5-6,8-11,14-16H,7,12-13H2,1-4H3. The average Bonchev–Trinajstić information content (AvgIpc) is 3.23. The zero-order valence-corrected chi connectivity index (χ0v) is 19.6. The summed E-state index contributed by atoms with van der Waals surface area (Å²) < 4.78 is 11.9. The molecule has 166 valence electrons. The van der Waals surface area contributed by atoms with Crippen LogP contribution in [-0.2, 0) is 0 Å². The number of methoxy groups -OCH3 is 2. The summed E-state index contributed by atoms with van der Waals surface area (Å²) in [6.07, 6.45) is 0.827. The number of ether oxygens (including phenoxy) is 2. The Morgan fingerprint density at radius 2 is 1.72 bits per heavy atom. The maximum atomic E-state index is 13.8. The van der Waals surface area contributed by atoms with Gasteiger partial charge in [-0.15, -0.1) is 0 Å². The molecular weight excluding hydrogens is 422 g/mol. The third-order valence-electron chi connectivity index (χ3n) is 5.34. The van der Waals surface area contributed by atoms with E-state index in [0.717, 1.165) is 39.7 Å². The maximum Gasteiger partial charge on any atom is 0.263 e. The molecule has 0 radical (unpaired) electrons. The van der Waals surface area contributed by atoms with Crippen molar-refractivity contribution < 1.29 is 14.3 Å². The second kappa shape index (κ2) is 9.54. The Hall–Kier alpha value is -3.16. The zero-order valence-electron chi connectivity index (χ0n) is 18.8. The van der Waals surface area contributed by atoms with Gasteiger partial charge in [-0.05, 0) is 62.1 Å². The van der Waals surface area contributed by atoms with E-state index in [-0.39, 0.29) is 5.91 Å². The normalized spacial score (nSPS) is 11.3. The molecule has 0 saturated carbocycles. The molecule has 32 heavy (non-hydrogen) atoms. The number of rotatable bonds is 8. The van der Waals surface area contributed by atoms with Crippen LogP contribution in [0.15, 0.2) is 54.6 Å². The predicted octanol–water partition coefficient (Wildman–Crippen LogP) is 5.07. The Labute approximate surface area is 192 Å². The summed E-state index contributed by atoms with van der Waals surface area (Å²) in [6, 6.07) is 17.6. The second-order valence-electron chi connectivity index (χ2n) is 7.84. The molecule has 4 rings (SSSR count). The van der Waals surface area contributed by atoms with Crippen molar-refractivity contribution in [2.24, 2.45) is 0 Å². The van der Waals surface area contributed by atoms with E-state index < -0.39 is 0 Å². The van der Waals surface area contributed by atoms with Crippen LogP contribution in [-0.4, -0.2) is 57.2 Å². The van der Waals surface area contributed by atoms with E-state index in [4.69, 9.17) is 14.5 Å². The van der Waals surface area contributed by atoms with E-state index >= 15 is 0 Å². The van der Waals surface area contributed by atoms with Crippen LogP contribution >= 0.6 is 11.3 Å². The number of hydrogen-bond acceptors (Lipinski definition) is 6. The van der Waals surface area contributed by atoms with Gasteiger partial charge in [-0.3, -0.25) is 9.69 Å². The number of hydrogen-bond donors (Lipinski definition) is 0. The first-order valence-corrected chi connectivity index (χ1v) is 11.3. The maximum absolute atomic E-state index is 13.8. The second-order valence-corrected chi connectivity index (χ2v) is 8.85. The Bertz CT molecular complexity index is 1250. The summed E-state index contributed by atoms with van der Waals surface area (Å²) >= 11 is 1.51. The molecule has 1 heterocycles. The molecule has 0 N–H and O–H groups in total. The SMILES string of the molecule is COc1ccc2sc(N(CCCN(C)C)C(=O)c3cc4ccccc4cc3OC)nc2c1. The predicted molar refractivity (Wildman–Crippen MR) is 132 cm³/mol. The van der Waals surface area contributed by atoms with Gasteiger partial charge in [-0.1, -0.05) is 35.6 Å². The number of benzene rings is 3. The van der Waals surface area contributed by atoms with Crippen molar-refractivity contribution in [1.29, 1.82) is 0 Å². The molecule has 1 aromatic heterocycles. The molecule has 0 aliphatic carbocycles. The highest BCUT2D eigenvalue weighted by molar-refractivity contribution is 7.22. The third kappa shape index (κ3) is 4.54. The fourth-order valence-corrected chi connectivity index (χ4v) is 4.64. The lowest BCUT2D eigenvalue weighted by molar-refractivity contribution is 0.0983. The Morgan fingerprint density at radius 1 is 0.969 bits per heavy atom. The summed E-state index contributed by atoms with van der Waals surface area (Å²) in [6.45, 7) is 1.43. The third-order valence-corrected chi connectivity index (χ3v) is 6.40. The van der Waals surface area contributed by atoms with Crippen LogP contribution in [0.5, 0.6) is 11.5 Å². The van der Waals surface area contributed by atoms with Crippen molar-refractivity contribution in [3.05, 3.63) is 60.2 Å². The van der Waals surface area contributed by atoms with E-state index in [9.17, 15) is 4.79 Å². The summed E-state index contributed by atoms with van der Waals surface area (Å²) in [7, 11) is 7.30. The first-order valence-electron chi connectivity index (χ1n) is 10.5. The van der Waals surface area contributed by atoms with E-state index in [2.05, 4.69) is 4.90 Å². The Kier molecular flexibility index (Phi) is 6.58. The lowest BCUT2D eigenvalue weighted by atomic mass is 10.0. The van der Waals surface area contributed by atoms with Crippen LogP contribution < -0.4 is 14.4 Å². The van der Waals surface area contributed by atoms with Crippen LogP contribution in [0, 0.1) is 0 Å². The van der Waals surface area contributed by atoms with E-state index in [1.165, 1.54) is 11.3 Å². The van der Waals surface area contributed by atoms with Crippen LogP contribution in [0.2, 0.25) is 0 Å². The summed E-state index contributed by atoms with van der Waals surface area (Å²) in [5.74, 6) is 1.20. The number of nitrogens with zero attached hydrogens (tertiary/aromatic N) is 3. The lowest BCUT2D eigenvalue weighted by Crippen LogP contribution is -2.33. The minimum Gasteiger partial charge on any atom is -0.497 e. The van der Waals surface area contributed by atoms with Gasteiger partial charge in [0.15, 0.2) is 5.13 Å². The van der Waals surface area contributed by atoms with Gasteiger partial charge >= 0.3 is 0 Å². The van der Waals surface area contributed by atoms with E-state index in [0.29, 0.717) is 23.0 Å². The molecule has 1 amide bonds. The molecule has 4 aromatic rings. The highest BCUT2D eigenvalue weighted by Gasteiger charge is 2.24. The minimum atomic E-state index is -0.114. The quantitative estimate of drug-likeness (QED) is 0.376.